The molecule has 0 amide bonds. The number of hydrogen-bond acceptors (Lipinski definition) is 4. The average Bonchev–Trinajstić information content (AvgIpc) is 2.54. The molecule has 0 bridgehead atoms. The van der Waals surface area contributed by atoms with Gasteiger partial charge < -0.3 is 14.4 Å². The van der Waals surface area contributed by atoms with Crippen molar-refractivity contribution in [1.82, 2.24) is 4.90 Å². The molecule has 0 fully saturated rings. The van der Waals surface area contributed by atoms with Gasteiger partial charge in [0, 0.05) is 6.54 Å². The van der Waals surface area contributed by atoms with Crippen molar-refractivity contribution in [3.63, 3.8) is 0 Å². The van der Waals surface area contributed by atoms with Gasteiger partial charge in [-0.1, -0.05) is 24.3 Å². The standard InChI is InChI=1S/C18H21NO3/c1-19(2)12-13-22-17-10-8-15(9-11-17)14-4-6-16(7-5-14)18(20)21-3/h4-11H,12-13H2,1-3H3. The second-order valence-corrected chi connectivity index (χ2v) is 5.25. The fourth-order valence-corrected chi connectivity index (χ4v) is 2.01. The largest absolute Gasteiger partial charge is 0.492 e. The molecule has 0 saturated heterocycles. The third-order valence-corrected chi connectivity index (χ3v) is 3.30. The Morgan fingerprint density at radius 2 is 1.50 bits per heavy atom. The molecule has 0 unspecified atom stereocenters. The lowest BCUT2D eigenvalue weighted by Gasteiger charge is -2.11. The van der Waals surface area contributed by atoms with Crippen LogP contribution in [0.1, 0.15) is 10.4 Å². The van der Waals surface area contributed by atoms with Crippen molar-refractivity contribution in [3.05, 3.63) is 54.1 Å². The summed E-state index contributed by atoms with van der Waals surface area (Å²) in [6, 6.07) is 15.3. The van der Waals surface area contributed by atoms with Gasteiger partial charge in [0.05, 0.1) is 12.7 Å². The molecular formula is C18H21NO3. The molecule has 0 aliphatic heterocycles. The number of benzene rings is 2. The Bertz CT molecular complexity index is 603. The molecule has 4 heteroatoms. The van der Waals surface area contributed by atoms with Gasteiger partial charge in [-0.3, -0.25) is 0 Å². The average molecular weight is 299 g/mol. The minimum atomic E-state index is -0.323. The van der Waals surface area contributed by atoms with Gasteiger partial charge in [-0.05, 0) is 49.5 Å². The third kappa shape index (κ3) is 4.33. The van der Waals surface area contributed by atoms with Crippen molar-refractivity contribution in [3.8, 4) is 16.9 Å². The normalized spacial score (nSPS) is 10.5. The topological polar surface area (TPSA) is 38.8 Å². The molecule has 0 aromatic heterocycles. The molecule has 0 radical (unpaired) electrons. The first kappa shape index (κ1) is 16.0. The van der Waals surface area contributed by atoms with Crippen LogP contribution in [0.15, 0.2) is 48.5 Å². The van der Waals surface area contributed by atoms with Crippen molar-refractivity contribution >= 4 is 5.97 Å². The van der Waals surface area contributed by atoms with Crippen molar-refractivity contribution < 1.29 is 14.3 Å². The van der Waals surface area contributed by atoms with Gasteiger partial charge in [0.2, 0.25) is 0 Å². The van der Waals surface area contributed by atoms with E-state index in [1.807, 2.05) is 50.5 Å². The Hall–Kier alpha value is -2.33. The second-order valence-electron chi connectivity index (χ2n) is 5.25. The maximum atomic E-state index is 11.4. The Labute approximate surface area is 131 Å². The molecule has 0 aliphatic rings. The molecule has 0 heterocycles. The summed E-state index contributed by atoms with van der Waals surface area (Å²) in [5, 5.41) is 0. The first-order valence-corrected chi connectivity index (χ1v) is 7.16. The van der Waals surface area contributed by atoms with Crippen LogP contribution in [0.25, 0.3) is 11.1 Å². The molecule has 0 atom stereocenters. The molecule has 2 aromatic rings. The van der Waals surface area contributed by atoms with Gasteiger partial charge in [0.15, 0.2) is 0 Å². The number of likely N-dealkylation sites (N-methyl/N-ethyl adjacent to an activating group) is 1. The zero-order valence-electron chi connectivity index (χ0n) is 13.2. The fraction of sp³-hybridized carbons (Fsp3) is 0.278. The van der Waals surface area contributed by atoms with E-state index in [9.17, 15) is 4.79 Å². The minimum absolute atomic E-state index is 0.323. The number of methoxy groups -OCH3 is 1. The van der Waals surface area contributed by atoms with Crippen LogP contribution in [-0.2, 0) is 4.74 Å². The van der Waals surface area contributed by atoms with Crippen molar-refractivity contribution in [2.24, 2.45) is 0 Å². The Morgan fingerprint density at radius 3 is 2.00 bits per heavy atom. The number of carbonyl (C=O) groups is 1. The zero-order valence-corrected chi connectivity index (χ0v) is 13.2. The highest BCUT2D eigenvalue weighted by atomic mass is 16.5. The number of hydrogen-bond donors (Lipinski definition) is 0. The maximum absolute atomic E-state index is 11.4. The predicted molar refractivity (Wildman–Crippen MR) is 87.3 cm³/mol. The molecule has 0 saturated carbocycles. The molecule has 0 N–H and O–H groups in total. The number of carbonyl (C=O) groups excluding carboxylic acids is 1. The van der Waals surface area contributed by atoms with Crippen LogP contribution < -0.4 is 4.74 Å². The molecule has 0 aliphatic carbocycles. The summed E-state index contributed by atoms with van der Waals surface area (Å²) in [6.07, 6.45) is 0. The van der Waals surface area contributed by atoms with E-state index in [4.69, 9.17) is 9.47 Å². The first-order valence-electron chi connectivity index (χ1n) is 7.16. The minimum Gasteiger partial charge on any atom is -0.492 e. The summed E-state index contributed by atoms with van der Waals surface area (Å²) in [6.45, 7) is 1.55. The third-order valence-electron chi connectivity index (χ3n) is 3.30. The SMILES string of the molecule is COC(=O)c1ccc(-c2ccc(OCCN(C)C)cc2)cc1. The summed E-state index contributed by atoms with van der Waals surface area (Å²) in [7, 11) is 5.42. The zero-order chi connectivity index (χ0) is 15.9. The summed E-state index contributed by atoms with van der Waals surface area (Å²) in [5.74, 6) is 0.535. The highest BCUT2D eigenvalue weighted by Gasteiger charge is 2.05. The van der Waals surface area contributed by atoms with Gasteiger partial charge in [-0.25, -0.2) is 4.79 Å². The van der Waals surface area contributed by atoms with Crippen LogP contribution in [-0.4, -0.2) is 45.2 Å². The molecule has 4 nitrogen and oxygen atoms in total. The van der Waals surface area contributed by atoms with E-state index in [0.29, 0.717) is 12.2 Å². The van der Waals surface area contributed by atoms with Crippen LogP contribution in [0.2, 0.25) is 0 Å². The van der Waals surface area contributed by atoms with Gasteiger partial charge in [-0.2, -0.15) is 0 Å². The van der Waals surface area contributed by atoms with Crippen LogP contribution in [0.5, 0.6) is 5.75 Å². The van der Waals surface area contributed by atoms with Gasteiger partial charge in [0.25, 0.3) is 0 Å². The first-order chi connectivity index (χ1) is 10.6. The van der Waals surface area contributed by atoms with Crippen molar-refractivity contribution in [2.75, 3.05) is 34.4 Å². The van der Waals surface area contributed by atoms with E-state index in [0.717, 1.165) is 23.4 Å². The lowest BCUT2D eigenvalue weighted by atomic mass is 10.0. The van der Waals surface area contributed by atoms with Crippen molar-refractivity contribution in [2.45, 2.75) is 0 Å². The molecule has 0 spiro atoms. The van der Waals surface area contributed by atoms with E-state index in [1.165, 1.54) is 7.11 Å². The summed E-state index contributed by atoms with van der Waals surface area (Å²) < 4.78 is 10.4. The quantitative estimate of drug-likeness (QED) is 0.768. The predicted octanol–water partition coefficient (Wildman–Crippen LogP) is 3.08. The van der Waals surface area contributed by atoms with E-state index >= 15 is 0 Å². The second kappa shape index (κ2) is 7.61. The van der Waals surface area contributed by atoms with E-state index < -0.39 is 0 Å². The summed E-state index contributed by atoms with van der Waals surface area (Å²) >= 11 is 0. The van der Waals surface area contributed by atoms with E-state index in [-0.39, 0.29) is 5.97 Å². The van der Waals surface area contributed by atoms with Crippen LogP contribution >= 0.6 is 0 Å². The van der Waals surface area contributed by atoms with Gasteiger partial charge >= 0.3 is 5.97 Å². The molecule has 2 rings (SSSR count). The molecular weight excluding hydrogens is 278 g/mol. The maximum Gasteiger partial charge on any atom is 0.337 e. The van der Waals surface area contributed by atoms with Gasteiger partial charge in [-0.15, -0.1) is 0 Å². The highest BCUT2D eigenvalue weighted by molar-refractivity contribution is 5.89. The Kier molecular flexibility index (Phi) is 5.55. The van der Waals surface area contributed by atoms with Crippen LogP contribution in [0.4, 0.5) is 0 Å². The summed E-state index contributed by atoms with van der Waals surface area (Å²) in [5.41, 5.74) is 2.68. The number of ether oxygens (including phenoxy) is 2. The lowest BCUT2D eigenvalue weighted by molar-refractivity contribution is 0.0601. The fourth-order valence-electron chi connectivity index (χ4n) is 2.01. The summed E-state index contributed by atoms with van der Waals surface area (Å²) in [4.78, 5) is 13.5. The highest BCUT2D eigenvalue weighted by Crippen LogP contribution is 2.23. The number of rotatable bonds is 6. The smallest absolute Gasteiger partial charge is 0.337 e. The molecule has 22 heavy (non-hydrogen) atoms. The van der Waals surface area contributed by atoms with Crippen molar-refractivity contribution in [1.29, 1.82) is 0 Å². The molecule has 116 valence electrons. The monoisotopic (exact) mass is 299 g/mol. The van der Waals surface area contributed by atoms with Gasteiger partial charge in [0.1, 0.15) is 12.4 Å². The van der Waals surface area contributed by atoms with E-state index in [2.05, 4.69) is 4.90 Å². The molecule has 2 aromatic carbocycles. The van der Waals surface area contributed by atoms with E-state index in [1.54, 1.807) is 12.1 Å². The van der Waals surface area contributed by atoms with Crippen LogP contribution in [0.3, 0.4) is 0 Å². The lowest BCUT2D eigenvalue weighted by Crippen LogP contribution is -2.19. The number of nitrogens with zero attached hydrogens (tertiary/aromatic N) is 1. The Balaban J connectivity index is 2.02. The van der Waals surface area contributed by atoms with Crippen LogP contribution in [0, 0.1) is 0 Å². The number of esters is 1. The Morgan fingerprint density at radius 1 is 0.955 bits per heavy atom.